The van der Waals surface area contributed by atoms with Crippen molar-refractivity contribution in [3.63, 3.8) is 0 Å². The Kier molecular flexibility index (Phi) is 10.7. The first-order valence-electron chi connectivity index (χ1n) is 14.6. The van der Waals surface area contributed by atoms with Crippen LogP contribution in [0.4, 0.5) is 0 Å². The van der Waals surface area contributed by atoms with E-state index < -0.39 is 18.1 Å². The number of esters is 1. The van der Waals surface area contributed by atoms with E-state index in [-0.39, 0.29) is 23.8 Å². The van der Waals surface area contributed by atoms with Crippen molar-refractivity contribution in [2.75, 3.05) is 33.4 Å². The molecule has 1 amide bonds. The number of aromatic nitrogens is 2. The van der Waals surface area contributed by atoms with Gasteiger partial charge in [0.2, 0.25) is 5.91 Å². The third-order valence-electron chi connectivity index (χ3n) is 7.69. The Morgan fingerprint density at radius 2 is 1.79 bits per heavy atom. The third-order valence-corrected chi connectivity index (χ3v) is 7.69. The molecule has 42 heavy (non-hydrogen) atoms. The van der Waals surface area contributed by atoms with E-state index in [4.69, 9.17) is 9.47 Å². The number of carbonyl (C=O) groups is 2. The average Bonchev–Trinajstić information content (AvgIpc) is 2.97. The summed E-state index contributed by atoms with van der Waals surface area (Å²) in [5.74, 6) is -0.646. The van der Waals surface area contributed by atoms with Crippen LogP contribution in [-0.2, 0) is 25.6 Å². The number of carbonyl (C=O) groups excluding carboxylic acids is 2. The van der Waals surface area contributed by atoms with Crippen molar-refractivity contribution in [2.24, 2.45) is 5.92 Å². The van der Waals surface area contributed by atoms with Crippen LogP contribution in [0.1, 0.15) is 61.0 Å². The normalized spacial score (nSPS) is 15.3. The van der Waals surface area contributed by atoms with Gasteiger partial charge in [-0.3, -0.25) is 24.3 Å². The van der Waals surface area contributed by atoms with E-state index in [0.717, 1.165) is 40.9 Å². The van der Waals surface area contributed by atoms with Gasteiger partial charge < -0.3 is 19.4 Å². The molecule has 0 radical (unpaired) electrons. The van der Waals surface area contributed by atoms with E-state index in [0.29, 0.717) is 31.7 Å². The number of hydrogen-bond donors (Lipinski definition) is 1. The molecule has 2 unspecified atom stereocenters. The molecule has 1 aliphatic rings. The maximum absolute atomic E-state index is 14.0. The number of pyridine rings is 2. The van der Waals surface area contributed by atoms with Gasteiger partial charge in [-0.15, -0.1) is 0 Å². The Balaban J connectivity index is 1.66. The lowest BCUT2D eigenvalue weighted by Crippen LogP contribution is -2.40. The van der Waals surface area contributed by atoms with Gasteiger partial charge in [-0.25, -0.2) is 0 Å². The summed E-state index contributed by atoms with van der Waals surface area (Å²) in [5, 5.41) is 3.07. The van der Waals surface area contributed by atoms with Crippen LogP contribution in [0.2, 0.25) is 0 Å². The number of amides is 1. The van der Waals surface area contributed by atoms with Crippen molar-refractivity contribution >= 4 is 11.9 Å². The zero-order chi connectivity index (χ0) is 30.2. The van der Waals surface area contributed by atoms with E-state index in [9.17, 15) is 14.4 Å². The van der Waals surface area contributed by atoms with Crippen LogP contribution in [0.3, 0.4) is 0 Å². The number of hydrogen-bond acceptors (Lipinski definition) is 7. The number of aryl methyl sites for hydroxylation is 2. The summed E-state index contributed by atoms with van der Waals surface area (Å²) in [4.78, 5) is 46.3. The first-order chi connectivity index (χ1) is 20.2. The highest BCUT2D eigenvalue weighted by Crippen LogP contribution is 2.30. The topological polar surface area (TPSA) is 103 Å². The molecule has 9 heteroatoms. The van der Waals surface area contributed by atoms with Crippen LogP contribution < -0.4 is 10.9 Å². The van der Waals surface area contributed by atoms with Gasteiger partial charge in [-0.2, -0.15) is 0 Å². The molecule has 0 saturated carbocycles. The van der Waals surface area contributed by atoms with Gasteiger partial charge in [0.25, 0.3) is 5.56 Å². The number of methoxy groups -OCH3 is 1. The molecule has 3 heterocycles. The zero-order valence-electron chi connectivity index (χ0n) is 25.3. The molecule has 0 bridgehead atoms. The maximum Gasteiger partial charge on any atom is 0.307 e. The molecule has 1 saturated heterocycles. The van der Waals surface area contributed by atoms with E-state index in [2.05, 4.69) is 15.2 Å². The Labute approximate surface area is 247 Å². The van der Waals surface area contributed by atoms with Crippen molar-refractivity contribution in [1.82, 2.24) is 19.8 Å². The predicted molar refractivity (Wildman–Crippen MR) is 162 cm³/mol. The van der Waals surface area contributed by atoms with Crippen LogP contribution in [0, 0.1) is 19.8 Å². The van der Waals surface area contributed by atoms with Gasteiger partial charge >= 0.3 is 5.97 Å². The first kappa shape index (κ1) is 31.1. The van der Waals surface area contributed by atoms with Crippen LogP contribution in [0.5, 0.6) is 0 Å². The molecule has 0 aliphatic carbocycles. The number of benzene rings is 1. The highest BCUT2D eigenvalue weighted by molar-refractivity contribution is 5.82. The predicted octanol–water partition coefficient (Wildman–Crippen LogP) is 4.37. The summed E-state index contributed by atoms with van der Waals surface area (Å²) in [5.41, 5.74) is 5.57. The molecule has 0 spiro atoms. The number of nitrogens with zero attached hydrogens (tertiary/aromatic N) is 3. The van der Waals surface area contributed by atoms with E-state index in [1.807, 2.05) is 58.0 Å². The minimum Gasteiger partial charge on any atom is -0.469 e. The van der Waals surface area contributed by atoms with Gasteiger partial charge in [0.05, 0.1) is 32.8 Å². The molecule has 2 atom stereocenters. The summed E-state index contributed by atoms with van der Waals surface area (Å²) in [6.45, 7) is 11.8. The fourth-order valence-corrected chi connectivity index (χ4v) is 5.52. The lowest BCUT2D eigenvalue weighted by molar-refractivity contribution is -0.141. The molecule has 1 aliphatic heterocycles. The Morgan fingerprint density at radius 1 is 1.07 bits per heavy atom. The molecular formula is C33H42N4O5. The van der Waals surface area contributed by atoms with Crippen molar-refractivity contribution in [3.8, 4) is 11.1 Å². The monoisotopic (exact) mass is 574 g/mol. The summed E-state index contributed by atoms with van der Waals surface area (Å²) in [7, 11) is 1.33. The molecule has 1 N–H and O–H groups in total. The SMILES string of the molecule is COC(=O)CC(NC(=O)C(CC(C)C)n1cc(CN2CCOCC2)ccc1=O)c1cncc(-c2c(C)cccc2C)c1. The quantitative estimate of drug-likeness (QED) is 0.339. The molecule has 9 nitrogen and oxygen atoms in total. The zero-order valence-corrected chi connectivity index (χ0v) is 25.3. The highest BCUT2D eigenvalue weighted by atomic mass is 16.5. The molecule has 224 valence electrons. The van der Waals surface area contributed by atoms with Crippen LogP contribution >= 0.6 is 0 Å². The standard InChI is InChI=1S/C33H42N4O5/c1-22(2)15-29(37-21-25(9-10-30(37)38)20-36-11-13-42-14-12-36)33(40)35-28(17-31(39)41-5)26-16-27(19-34-18-26)32-23(3)7-6-8-24(32)4/h6-10,16,18-19,21-22,28-29H,11-15,17,20H2,1-5H3,(H,35,40). The van der Waals surface area contributed by atoms with Crippen molar-refractivity contribution < 1.29 is 19.1 Å². The van der Waals surface area contributed by atoms with Gasteiger partial charge in [-0.1, -0.05) is 38.1 Å². The Bertz CT molecular complexity index is 1420. The van der Waals surface area contributed by atoms with E-state index >= 15 is 0 Å². The van der Waals surface area contributed by atoms with Crippen LogP contribution in [0.25, 0.3) is 11.1 Å². The van der Waals surface area contributed by atoms with Crippen LogP contribution in [-0.4, -0.2) is 59.7 Å². The van der Waals surface area contributed by atoms with E-state index in [1.54, 1.807) is 18.6 Å². The second-order valence-electron chi connectivity index (χ2n) is 11.4. The van der Waals surface area contributed by atoms with Crippen molar-refractivity contribution in [3.05, 3.63) is 87.6 Å². The number of nitrogens with one attached hydrogen (secondary N) is 1. The summed E-state index contributed by atoms with van der Waals surface area (Å²) < 4.78 is 12.0. The fourth-order valence-electron chi connectivity index (χ4n) is 5.52. The fraction of sp³-hybridized carbons (Fsp3) is 0.455. The lowest BCUT2D eigenvalue weighted by atomic mass is 9.94. The number of morpholine rings is 1. The minimum absolute atomic E-state index is 0.0690. The molecule has 2 aromatic heterocycles. The van der Waals surface area contributed by atoms with Gasteiger partial charge in [0, 0.05) is 49.9 Å². The maximum atomic E-state index is 14.0. The second-order valence-corrected chi connectivity index (χ2v) is 11.4. The van der Waals surface area contributed by atoms with Crippen molar-refractivity contribution in [2.45, 2.75) is 59.2 Å². The van der Waals surface area contributed by atoms with Crippen molar-refractivity contribution in [1.29, 1.82) is 0 Å². The average molecular weight is 575 g/mol. The molecule has 3 aromatic rings. The van der Waals surface area contributed by atoms with E-state index in [1.165, 1.54) is 17.7 Å². The Hall–Kier alpha value is -3.82. The summed E-state index contributed by atoms with van der Waals surface area (Å²) in [6, 6.07) is 9.97. The smallest absolute Gasteiger partial charge is 0.307 e. The molecule has 1 aromatic carbocycles. The largest absolute Gasteiger partial charge is 0.469 e. The number of ether oxygens (including phenoxy) is 2. The van der Waals surface area contributed by atoms with Gasteiger partial charge in [-0.05, 0) is 60.1 Å². The third kappa shape index (κ3) is 7.92. The minimum atomic E-state index is -0.753. The number of rotatable bonds is 11. The van der Waals surface area contributed by atoms with Gasteiger partial charge in [0.1, 0.15) is 6.04 Å². The van der Waals surface area contributed by atoms with Crippen LogP contribution in [0.15, 0.2) is 59.8 Å². The van der Waals surface area contributed by atoms with Gasteiger partial charge in [0.15, 0.2) is 0 Å². The first-order valence-corrected chi connectivity index (χ1v) is 14.6. The molecule has 4 rings (SSSR count). The molecular weight excluding hydrogens is 532 g/mol. The summed E-state index contributed by atoms with van der Waals surface area (Å²) >= 11 is 0. The Morgan fingerprint density at radius 3 is 2.45 bits per heavy atom. The molecule has 1 fully saturated rings. The second kappa shape index (κ2) is 14.4. The summed E-state index contributed by atoms with van der Waals surface area (Å²) in [6.07, 6.45) is 5.64. The lowest BCUT2D eigenvalue weighted by Gasteiger charge is -2.28. The highest BCUT2D eigenvalue weighted by Gasteiger charge is 2.28.